The van der Waals surface area contributed by atoms with E-state index in [1.807, 2.05) is 36.4 Å². The maximum atomic E-state index is 6.43. The van der Waals surface area contributed by atoms with Crippen molar-refractivity contribution in [2.75, 3.05) is 0 Å². The van der Waals surface area contributed by atoms with Gasteiger partial charge in [-0.3, -0.25) is 0 Å². The summed E-state index contributed by atoms with van der Waals surface area (Å²) in [5.41, 5.74) is 6.24. The minimum atomic E-state index is -0.226. The Morgan fingerprint density at radius 1 is 0.488 bits per heavy atom. The van der Waals surface area contributed by atoms with Crippen LogP contribution in [-0.2, 0) is 16.2 Å². The van der Waals surface area contributed by atoms with Crippen LogP contribution < -0.4 is 18.9 Å². The van der Waals surface area contributed by atoms with Gasteiger partial charge in [0.1, 0.15) is 0 Å². The van der Waals surface area contributed by atoms with E-state index in [0.717, 1.165) is 35.5 Å². The summed E-state index contributed by atoms with van der Waals surface area (Å²) in [6.07, 6.45) is 13.2. The van der Waals surface area contributed by atoms with E-state index < -0.39 is 0 Å². The highest BCUT2D eigenvalue weighted by Gasteiger charge is 2.57. The van der Waals surface area contributed by atoms with Crippen LogP contribution in [0.2, 0.25) is 0 Å². The number of hydrogen-bond acceptors (Lipinski definition) is 4. The molecule has 0 radical (unpaired) electrons. The van der Waals surface area contributed by atoms with Gasteiger partial charge in [-0.2, -0.15) is 0 Å². The minimum absolute atomic E-state index is 0.0828. The third-order valence-corrected chi connectivity index (χ3v) is 9.25. The minimum Gasteiger partial charge on any atom is -0.450 e. The Balaban J connectivity index is 1.29. The van der Waals surface area contributed by atoms with Crippen molar-refractivity contribution in [1.29, 1.82) is 0 Å². The highest BCUT2D eigenvalue weighted by molar-refractivity contribution is 5.69. The van der Waals surface area contributed by atoms with Gasteiger partial charge in [0.2, 0.25) is 0 Å². The summed E-state index contributed by atoms with van der Waals surface area (Å²) in [7, 11) is 0. The van der Waals surface area contributed by atoms with E-state index in [1.54, 1.807) is 0 Å². The van der Waals surface area contributed by atoms with Gasteiger partial charge in [0, 0.05) is 28.7 Å². The molecule has 4 aromatic carbocycles. The van der Waals surface area contributed by atoms with E-state index in [4.69, 9.17) is 31.8 Å². The molecule has 0 unspecified atom stereocenters. The lowest BCUT2D eigenvalue weighted by molar-refractivity contribution is 0.348. The second-order valence-electron chi connectivity index (χ2n) is 12.9. The fraction of sp³-hybridized carbons (Fsp3) is 0.243. The highest BCUT2D eigenvalue weighted by atomic mass is 16.6. The van der Waals surface area contributed by atoms with Crippen LogP contribution in [0.5, 0.6) is 46.0 Å². The molecule has 0 aromatic heterocycles. The fourth-order valence-electron chi connectivity index (χ4n) is 7.64. The van der Waals surface area contributed by atoms with Crippen LogP contribution in [0.4, 0.5) is 0 Å². The van der Waals surface area contributed by atoms with E-state index in [-0.39, 0.29) is 16.2 Å². The van der Waals surface area contributed by atoms with Gasteiger partial charge in [-0.25, -0.2) is 0 Å². The van der Waals surface area contributed by atoms with Gasteiger partial charge in [0.15, 0.2) is 46.0 Å². The maximum Gasteiger partial charge on any atom is 0.171 e. The predicted octanol–water partition coefficient (Wildman–Crippen LogP) is 9.09. The van der Waals surface area contributed by atoms with Crippen LogP contribution in [0.25, 0.3) is 0 Å². The third kappa shape index (κ3) is 3.25. The topological polar surface area (TPSA) is 36.9 Å². The van der Waals surface area contributed by atoms with Gasteiger partial charge in [0.05, 0.1) is 0 Å². The summed E-state index contributed by atoms with van der Waals surface area (Å²) in [5.74, 6) is 10.9. The van der Waals surface area contributed by atoms with Gasteiger partial charge in [-0.1, -0.05) is 39.5 Å². The molecule has 0 amide bonds. The Kier molecular flexibility index (Phi) is 4.50. The van der Waals surface area contributed by atoms with Crippen molar-refractivity contribution in [3.05, 3.63) is 94.0 Å². The Bertz CT molecular complexity index is 1790. The van der Waals surface area contributed by atoms with Crippen molar-refractivity contribution >= 4 is 0 Å². The second-order valence-corrected chi connectivity index (χ2v) is 12.9. The number of terminal acetylenes is 2. The molecule has 0 saturated carbocycles. The Morgan fingerprint density at radius 2 is 0.829 bits per heavy atom. The Hall–Kier alpha value is -4.80. The molecule has 200 valence electrons. The molecule has 4 aliphatic rings. The van der Waals surface area contributed by atoms with Crippen molar-refractivity contribution in [3.63, 3.8) is 0 Å². The lowest BCUT2D eigenvalue weighted by Gasteiger charge is -2.31. The molecule has 0 fully saturated rings. The van der Waals surface area contributed by atoms with E-state index in [2.05, 4.69) is 63.8 Å². The van der Waals surface area contributed by atoms with Crippen molar-refractivity contribution in [2.45, 2.75) is 56.8 Å². The maximum absolute atomic E-state index is 6.43. The molecule has 0 atom stereocenters. The molecule has 2 heterocycles. The molecule has 41 heavy (non-hydrogen) atoms. The monoisotopic (exact) mass is 536 g/mol. The van der Waals surface area contributed by atoms with Crippen LogP contribution >= 0.6 is 0 Å². The zero-order valence-corrected chi connectivity index (χ0v) is 23.5. The summed E-state index contributed by atoms with van der Waals surface area (Å²) in [4.78, 5) is 0. The first-order valence-corrected chi connectivity index (χ1v) is 13.9. The molecular formula is C37H28O4. The summed E-state index contributed by atoms with van der Waals surface area (Å²) in [6.45, 7) is 9.30. The Labute approximate surface area is 240 Å². The van der Waals surface area contributed by atoms with Crippen molar-refractivity contribution < 1.29 is 18.9 Å². The summed E-state index contributed by atoms with van der Waals surface area (Å²) < 4.78 is 25.5. The van der Waals surface area contributed by atoms with Crippen LogP contribution in [-0.4, -0.2) is 0 Å². The van der Waals surface area contributed by atoms with E-state index in [0.29, 0.717) is 34.5 Å². The van der Waals surface area contributed by atoms with Crippen molar-refractivity contribution in [1.82, 2.24) is 0 Å². The van der Waals surface area contributed by atoms with E-state index >= 15 is 0 Å². The molecule has 4 aromatic rings. The average Bonchev–Trinajstić information content (AvgIpc) is 3.30. The molecular weight excluding hydrogens is 508 g/mol. The summed E-state index contributed by atoms with van der Waals surface area (Å²) >= 11 is 0. The first-order chi connectivity index (χ1) is 19.6. The van der Waals surface area contributed by atoms with Crippen molar-refractivity contribution in [2.24, 2.45) is 0 Å². The number of fused-ring (bicyclic) bond motifs is 8. The molecule has 8 rings (SSSR count). The molecule has 0 bridgehead atoms. The molecule has 4 heteroatoms. The van der Waals surface area contributed by atoms with Gasteiger partial charge in [-0.15, -0.1) is 12.8 Å². The van der Waals surface area contributed by atoms with Gasteiger partial charge < -0.3 is 18.9 Å². The lowest BCUT2D eigenvalue weighted by Crippen LogP contribution is -2.27. The van der Waals surface area contributed by atoms with E-state index in [9.17, 15) is 0 Å². The third-order valence-electron chi connectivity index (χ3n) is 9.25. The number of rotatable bonds is 0. The molecule has 4 nitrogen and oxygen atoms in total. The standard InChI is InChI=1S/C37H28O4/c1-7-21-9-11-27-29(13-21)40-33-17-25-23(15-31(33)38-27)35(3,4)19-37(25)20-36(5,6)24-16-32-34(18-26(24)37)41-30-14-22(8-2)10-12-28(30)39-32/h1-2,9-18H,19-20H2,3-6H3. The zero-order chi connectivity index (χ0) is 28.3. The first kappa shape index (κ1) is 24.0. The largest absolute Gasteiger partial charge is 0.450 e. The van der Waals surface area contributed by atoms with Crippen molar-refractivity contribution in [3.8, 4) is 70.7 Å². The molecule has 0 saturated heterocycles. The molecule has 0 N–H and O–H groups in total. The van der Waals surface area contributed by atoms with Crippen LogP contribution in [0, 0.1) is 24.7 Å². The Morgan fingerprint density at radius 3 is 1.22 bits per heavy atom. The van der Waals surface area contributed by atoms with Gasteiger partial charge in [0.25, 0.3) is 0 Å². The van der Waals surface area contributed by atoms with E-state index in [1.165, 1.54) is 22.3 Å². The van der Waals surface area contributed by atoms with Gasteiger partial charge in [-0.05, 0) is 94.5 Å². The number of ether oxygens (including phenoxy) is 4. The SMILES string of the molecule is C#Cc1ccc2c(c1)Oc1cc3c(cc1O2)C(C)(C)CC31CC(C)(C)c2cc3c(cc21)Oc1cc(C#C)ccc1O3. The van der Waals surface area contributed by atoms with Crippen LogP contribution in [0.3, 0.4) is 0 Å². The molecule has 1 spiro atoms. The number of benzene rings is 4. The molecule has 2 aliphatic carbocycles. The predicted molar refractivity (Wildman–Crippen MR) is 158 cm³/mol. The summed E-state index contributed by atoms with van der Waals surface area (Å²) in [6, 6.07) is 19.9. The quantitative estimate of drug-likeness (QED) is 0.181. The zero-order valence-electron chi connectivity index (χ0n) is 23.5. The first-order valence-electron chi connectivity index (χ1n) is 13.9. The van der Waals surface area contributed by atoms with Gasteiger partial charge >= 0.3 is 0 Å². The highest BCUT2D eigenvalue weighted by Crippen LogP contribution is 2.66. The molecule has 2 aliphatic heterocycles. The smallest absolute Gasteiger partial charge is 0.171 e. The summed E-state index contributed by atoms with van der Waals surface area (Å²) in [5, 5.41) is 0. The average molecular weight is 537 g/mol. The fourth-order valence-corrected chi connectivity index (χ4v) is 7.64. The van der Waals surface area contributed by atoms with Crippen LogP contribution in [0.15, 0.2) is 60.7 Å². The normalized spacial score (nSPS) is 18.4. The van der Waals surface area contributed by atoms with Crippen LogP contribution in [0.1, 0.15) is 73.9 Å². The second kappa shape index (κ2) is 7.68. The lowest BCUT2D eigenvalue weighted by atomic mass is 9.72. The number of hydrogen-bond donors (Lipinski definition) is 0.